The molecule has 2 heteroatoms. The van der Waals surface area contributed by atoms with Gasteiger partial charge in [-0.2, -0.15) is 0 Å². The maximum atomic E-state index is 5.78. The monoisotopic (exact) mass is 226 g/mol. The average molecular weight is 226 g/mol. The first kappa shape index (κ1) is 14.0. The third-order valence-corrected chi connectivity index (χ3v) is 4.55. The van der Waals surface area contributed by atoms with Crippen LogP contribution in [0.5, 0.6) is 0 Å². The minimum atomic E-state index is 0.371. The van der Waals surface area contributed by atoms with E-state index in [1.807, 2.05) is 0 Å². The Kier molecular flexibility index (Phi) is 5.77. The van der Waals surface area contributed by atoms with Crippen molar-refractivity contribution >= 4 is 0 Å². The molecule has 1 unspecified atom stereocenters. The van der Waals surface area contributed by atoms with Gasteiger partial charge in [0.1, 0.15) is 0 Å². The van der Waals surface area contributed by atoms with Crippen LogP contribution in [0.2, 0.25) is 0 Å². The largest absolute Gasteiger partial charge is 0.328 e. The molecule has 2 N–H and O–H groups in total. The third kappa shape index (κ3) is 4.06. The standard InChI is InChI=1S/C14H30N2/c1-4-14(5-2)8-11-16(12-9-14)10-6-7-13(3)15/h13H,4-12,15H2,1-3H3. The van der Waals surface area contributed by atoms with Crippen LogP contribution < -0.4 is 5.73 Å². The van der Waals surface area contributed by atoms with Gasteiger partial charge in [-0.05, 0) is 57.7 Å². The van der Waals surface area contributed by atoms with Gasteiger partial charge in [0.25, 0.3) is 0 Å². The quantitative estimate of drug-likeness (QED) is 0.754. The molecule has 0 aromatic carbocycles. The van der Waals surface area contributed by atoms with Gasteiger partial charge in [0.2, 0.25) is 0 Å². The van der Waals surface area contributed by atoms with Crippen molar-refractivity contribution < 1.29 is 0 Å². The second-order valence-electron chi connectivity index (χ2n) is 5.67. The van der Waals surface area contributed by atoms with Gasteiger partial charge in [0, 0.05) is 6.04 Å². The molecule has 0 radical (unpaired) electrons. The molecule has 0 aromatic heterocycles. The van der Waals surface area contributed by atoms with Gasteiger partial charge in [-0.3, -0.25) is 0 Å². The number of rotatable bonds is 6. The number of nitrogens with two attached hydrogens (primary N) is 1. The van der Waals surface area contributed by atoms with E-state index in [-0.39, 0.29) is 0 Å². The van der Waals surface area contributed by atoms with Gasteiger partial charge in [-0.1, -0.05) is 26.7 Å². The zero-order valence-corrected chi connectivity index (χ0v) is 11.5. The smallest absolute Gasteiger partial charge is 0.00109 e. The summed E-state index contributed by atoms with van der Waals surface area (Å²) in [4.78, 5) is 2.63. The molecule has 1 heterocycles. The van der Waals surface area contributed by atoms with Crippen LogP contribution in [0.25, 0.3) is 0 Å². The molecular formula is C14H30N2. The maximum Gasteiger partial charge on any atom is 0.00109 e. The lowest BCUT2D eigenvalue weighted by Crippen LogP contribution is -2.40. The number of nitrogens with zero attached hydrogens (tertiary/aromatic N) is 1. The highest BCUT2D eigenvalue weighted by Crippen LogP contribution is 2.37. The Morgan fingerprint density at radius 2 is 1.75 bits per heavy atom. The first-order valence-corrected chi connectivity index (χ1v) is 7.10. The van der Waals surface area contributed by atoms with Crippen molar-refractivity contribution in [3.63, 3.8) is 0 Å². The molecular weight excluding hydrogens is 196 g/mol. The summed E-state index contributed by atoms with van der Waals surface area (Å²) < 4.78 is 0. The maximum absolute atomic E-state index is 5.78. The summed E-state index contributed by atoms with van der Waals surface area (Å²) in [6.45, 7) is 10.7. The molecule has 0 aliphatic carbocycles. The van der Waals surface area contributed by atoms with Crippen molar-refractivity contribution in [1.29, 1.82) is 0 Å². The van der Waals surface area contributed by atoms with Gasteiger partial charge in [-0.25, -0.2) is 0 Å². The van der Waals surface area contributed by atoms with Crippen molar-refractivity contribution in [2.75, 3.05) is 19.6 Å². The normalized spacial score (nSPS) is 23.2. The highest BCUT2D eigenvalue weighted by Gasteiger charge is 2.30. The number of hydrogen-bond acceptors (Lipinski definition) is 2. The zero-order chi connectivity index (χ0) is 12.0. The van der Waals surface area contributed by atoms with E-state index in [2.05, 4.69) is 25.7 Å². The third-order valence-electron chi connectivity index (χ3n) is 4.55. The van der Waals surface area contributed by atoms with Crippen molar-refractivity contribution in [1.82, 2.24) is 4.90 Å². The van der Waals surface area contributed by atoms with E-state index in [4.69, 9.17) is 5.73 Å². The second-order valence-corrected chi connectivity index (χ2v) is 5.67. The molecule has 1 aliphatic heterocycles. The second kappa shape index (κ2) is 6.61. The SMILES string of the molecule is CCC1(CC)CCN(CCCC(C)N)CC1. The number of hydrogen-bond donors (Lipinski definition) is 1. The summed E-state index contributed by atoms with van der Waals surface area (Å²) in [5.74, 6) is 0. The van der Waals surface area contributed by atoms with E-state index in [0.29, 0.717) is 11.5 Å². The summed E-state index contributed by atoms with van der Waals surface area (Å²) >= 11 is 0. The zero-order valence-electron chi connectivity index (χ0n) is 11.5. The molecule has 0 saturated carbocycles. The molecule has 1 fully saturated rings. The van der Waals surface area contributed by atoms with E-state index in [0.717, 1.165) is 0 Å². The Hall–Kier alpha value is -0.0800. The number of piperidine rings is 1. The van der Waals surface area contributed by atoms with Crippen molar-refractivity contribution in [3.8, 4) is 0 Å². The van der Waals surface area contributed by atoms with Crippen LogP contribution in [-0.4, -0.2) is 30.6 Å². The summed E-state index contributed by atoms with van der Waals surface area (Å²) in [7, 11) is 0. The lowest BCUT2D eigenvalue weighted by atomic mass is 9.74. The van der Waals surface area contributed by atoms with E-state index in [1.54, 1.807) is 0 Å². The molecule has 1 saturated heterocycles. The lowest BCUT2D eigenvalue weighted by molar-refractivity contribution is 0.0941. The van der Waals surface area contributed by atoms with Crippen LogP contribution in [-0.2, 0) is 0 Å². The minimum absolute atomic E-state index is 0.371. The molecule has 0 bridgehead atoms. The van der Waals surface area contributed by atoms with Crippen LogP contribution in [0.15, 0.2) is 0 Å². The predicted octanol–water partition coefficient (Wildman–Crippen LogP) is 3.02. The lowest BCUT2D eigenvalue weighted by Gasteiger charge is -2.41. The molecule has 96 valence electrons. The van der Waals surface area contributed by atoms with Crippen LogP contribution in [0.1, 0.15) is 59.3 Å². The molecule has 0 aromatic rings. The van der Waals surface area contributed by atoms with E-state index < -0.39 is 0 Å². The topological polar surface area (TPSA) is 29.3 Å². The fourth-order valence-corrected chi connectivity index (χ4v) is 2.84. The first-order chi connectivity index (χ1) is 7.62. The molecule has 16 heavy (non-hydrogen) atoms. The van der Waals surface area contributed by atoms with Crippen molar-refractivity contribution in [2.24, 2.45) is 11.1 Å². The Labute approximate surface area is 102 Å². The first-order valence-electron chi connectivity index (χ1n) is 7.10. The molecule has 0 spiro atoms. The Morgan fingerprint density at radius 3 is 2.19 bits per heavy atom. The highest BCUT2D eigenvalue weighted by molar-refractivity contribution is 4.83. The molecule has 1 atom stereocenters. The molecule has 2 nitrogen and oxygen atoms in total. The Bertz CT molecular complexity index is 175. The van der Waals surface area contributed by atoms with Gasteiger partial charge in [0.15, 0.2) is 0 Å². The molecule has 1 aliphatic rings. The van der Waals surface area contributed by atoms with Gasteiger partial charge >= 0.3 is 0 Å². The summed E-state index contributed by atoms with van der Waals surface area (Å²) in [6, 6.07) is 0.371. The summed E-state index contributed by atoms with van der Waals surface area (Å²) in [6.07, 6.45) is 7.96. The van der Waals surface area contributed by atoms with Crippen LogP contribution in [0.3, 0.4) is 0 Å². The van der Waals surface area contributed by atoms with Gasteiger partial charge in [0.05, 0.1) is 0 Å². The fourth-order valence-electron chi connectivity index (χ4n) is 2.84. The predicted molar refractivity (Wildman–Crippen MR) is 71.6 cm³/mol. The van der Waals surface area contributed by atoms with Gasteiger partial charge < -0.3 is 10.6 Å². The summed E-state index contributed by atoms with van der Waals surface area (Å²) in [5, 5.41) is 0. The van der Waals surface area contributed by atoms with Crippen LogP contribution in [0, 0.1) is 5.41 Å². The van der Waals surface area contributed by atoms with Crippen LogP contribution >= 0.6 is 0 Å². The number of likely N-dealkylation sites (tertiary alicyclic amines) is 1. The average Bonchev–Trinajstić information content (AvgIpc) is 2.30. The van der Waals surface area contributed by atoms with E-state index >= 15 is 0 Å². The Morgan fingerprint density at radius 1 is 1.19 bits per heavy atom. The van der Waals surface area contributed by atoms with Crippen molar-refractivity contribution in [2.45, 2.75) is 65.3 Å². The minimum Gasteiger partial charge on any atom is -0.328 e. The van der Waals surface area contributed by atoms with Gasteiger partial charge in [-0.15, -0.1) is 0 Å². The van der Waals surface area contributed by atoms with E-state index in [1.165, 1.54) is 58.2 Å². The van der Waals surface area contributed by atoms with E-state index in [9.17, 15) is 0 Å². The molecule has 0 amide bonds. The van der Waals surface area contributed by atoms with Crippen LogP contribution in [0.4, 0.5) is 0 Å². The highest BCUT2D eigenvalue weighted by atomic mass is 15.1. The van der Waals surface area contributed by atoms with Crippen molar-refractivity contribution in [3.05, 3.63) is 0 Å². The Balaban J connectivity index is 2.21. The fraction of sp³-hybridized carbons (Fsp3) is 1.00. The summed E-state index contributed by atoms with van der Waals surface area (Å²) in [5.41, 5.74) is 6.44. The molecule has 1 rings (SSSR count).